The van der Waals surface area contributed by atoms with E-state index in [4.69, 9.17) is 16.3 Å². The van der Waals surface area contributed by atoms with Gasteiger partial charge in [-0.15, -0.1) is 10.2 Å². The second-order valence-electron chi connectivity index (χ2n) is 7.14. The molecule has 2 aromatic heterocycles. The molecule has 0 bridgehead atoms. The van der Waals surface area contributed by atoms with Gasteiger partial charge in [-0.1, -0.05) is 35.5 Å². The van der Waals surface area contributed by atoms with Crippen LogP contribution in [-0.4, -0.2) is 30.9 Å². The molecule has 29 heavy (non-hydrogen) atoms. The van der Waals surface area contributed by atoms with Gasteiger partial charge in [-0.05, 0) is 45.9 Å². The second-order valence-corrected chi connectivity index (χ2v) is 8.49. The summed E-state index contributed by atoms with van der Waals surface area (Å²) >= 11 is 7.49. The molecular weight excluding hydrogens is 408 g/mol. The Morgan fingerprint density at radius 3 is 2.62 bits per heavy atom. The van der Waals surface area contributed by atoms with Crippen LogP contribution in [0.3, 0.4) is 0 Å². The Morgan fingerprint density at radius 1 is 1.24 bits per heavy atom. The maximum Gasteiger partial charge on any atom is 0.191 e. The van der Waals surface area contributed by atoms with Gasteiger partial charge in [-0.2, -0.15) is 0 Å². The Morgan fingerprint density at radius 2 is 1.97 bits per heavy atom. The highest BCUT2D eigenvalue weighted by Crippen LogP contribution is 2.25. The van der Waals surface area contributed by atoms with Gasteiger partial charge in [0.05, 0.1) is 10.8 Å². The molecule has 0 N–H and O–H groups in total. The number of para-hydroxylation sites is 1. The molecule has 0 radical (unpaired) electrons. The van der Waals surface area contributed by atoms with Crippen LogP contribution in [-0.2, 0) is 13.7 Å². The van der Waals surface area contributed by atoms with Crippen molar-refractivity contribution < 1.29 is 9.53 Å². The molecule has 2 heterocycles. The van der Waals surface area contributed by atoms with Gasteiger partial charge in [0.1, 0.15) is 12.4 Å². The van der Waals surface area contributed by atoms with Crippen LogP contribution >= 0.6 is 23.4 Å². The van der Waals surface area contributed by atoms with Gasteiger partial charge in [-0.3, -0.25) is 4.79 Å². The van der Waals surface area contributed by atoms with Crippen LogP contribution in [0.4, 0.5) is 0 Å². The van der Waals surface area contributed by atoms with Crippen molar-refractivity contribution in [2.24, 2.45) is 7.05 Å². The molecule has 1 aromatic carbocycles. The minimum absolute atomic E-state index is 0.0897. The first kappa shape index (κ1) is 21.5. The maximum absolute atomic E-state index is 12.8. The smallest absolute Gasteiger partial charge is 0.191 e. The van der Waals surface area contributed by atoms with Gasteiger partial charge < -0.3 is 13.9 Å². The first-order chi connectivity index (χ1) is 13.8. The first-order valence-corrected chi connectivity index (χ1v) is 10.8. The number of Topliss-reactive ketones (excluding diaryl/α,β-unsaturated/α-hetero) is 1. The van der Waals surface area contributed by atoms with Crippen LogP contribution in [0.15, 0.2) is 35.5 Å². The Balaban J connectivity index is 1.64. The van der Waals surface area contributed by atoms with E-state index in [-0.39, 0.29) is 12.4 Å². The highest BCUT2D eigenvalue weighted by atomic mass is 35.5. The van der Waals surface area contributed by atoms with E-state index in [0.29, 0.717) is 33.5 Å². The van der Waals surface area contributed by atoms with Gasteiger partial charge in [0.15, 0.2) is 16.8 Å². The lowest BCUT2D eigenvalue weighted by Gasteiger charge is -2.13. The minimum atomic E-state index is 0.0897. The van der Waals surface area contributed by atoms with Crippen LogP contribution in [0.5, 0.6) is 5.75 Å². The monoisotopic (exact) mass is 432 g/mol. The number of carbonyl (C=O) groups is 1. The standard InChI is InChI=1S/C21H25ClN4O2S/c1-13(2)26-14(3)10-16(15(26)4)18(27)12-29-21-24-23-20(25(21)5)11-28-19-9-7-6-8-17(19)22/h6-10,13H,11-12H2,1-5H3. The molecule has 0 aliphatic rings. The van der Waals surface area contributed by atoms with E-state index < -0.39 is 0 Å². The summed E-state index contributed by atoms with van der Waals surface area (Å²) in [5.74, 6) is 1.66. The fraction of sp³-hybridized carbons (Fsp3) is 0.381. The quantitative estimate of drug-likeness (QED) is 0.369. The normalized spacial score (nSPS) is 11.3. The average molecular weight is 433 g/mol. The lowest BCUT2D eigenvalue weighted by Crippen LogP contribution is -2.09. The van der Waals surface area contributed by atoms with Crippen LogP contribution in [0, 0.1) is 13.8 Å². The molecule has 0 saturated carbocycles. The highest BCUT2D eigenvalue weighted by molar-refractivity contribution is 7.99. The zero-order valence-corrected chi connectivity index (χ0v) is 18.8. The molecule has 0 fully saturated rings. The third kappa shape index (κ3) is 4.67. The number of ether oxygens (including phenoxy) is 1. The van der Waals surface area contributed by atoms with Crippen LogP contribution in [0.1, 0.15) is 47.5 Å². The topological polar surface area (TPSA) is 61.9 Å². The summed E-state index contributed by atoms with van der Waals surface area (Å²) in [6, 6.07) is 9.58. The van der Waals surface area contributed by atoms with Crippen molar-refractivity contribution >= 4 is 29.1 Å². The van der Waals surface area contributed by atoms with Crippen molar-refractivity contribution in [3.05, 3.63) is 58.1 Å². The van der Waals surface area contributed by atoms with E-state index in [0.717, 1.165) is 17.0 Å². The molecule has 0 amide bonds. The van der Waals surface area contributed by atoms with Gasteiger partial charge >= 0.3 is 0 Å². The summed E-state index contributed by atoms with van der Waals surface area (Å²) in [6.45, 7) is 8.52. The molecule has 3 rings (SSSR count). The molecular formula is C21H25ClN4O2S. The van der Waals surface area contributed by atoms with E-state index in [1.807, 2.05) is 43.7 Å². The van der Waals surface area contributed by atoms with Gasteiger partial charge in [0, 0.05) is 30.0 Å². The van der Waals surface area contributed by atoms with Gasteiger partial charge in [0.2, 0.25) is 0 Å². The zero-order valence-electron chi connectivity index (χ0n) is 17.3. The average Bonchev–Trinajstić information content (AvgIpc) is 3.18. The molecule has 3 aromatic rings. The molecule has 0 atom stereocenters. The number of hydrogen-bond donors (Lipinski definition) is 0. The van der Waals surface area contributed by atoms with Crippen LogP contribution in [0.2, 0.25) is 5.02 Å². The number of ketones is 1. The second kappa shape index (κ2) is 9.05. The Hall–Kier alpha value is -2.25. The number of thioether (sulfide) groups is 1. The van der Waals surface area contributed by atoms with Crippen LogP contribution < -0.4 is 4.74 Å². The fourth-order valence-corrected chi connectivity index (χ4v) is 4.37. The van der Waals surface area contributed by atoms with Crippen molar-refractivity contribution in [3.63, 3.8) is 0 Å². The van der Waals surface area contributed by atoms with E-state index in [1.54, 1.807) is 12.1 Å². The van der Waals surface area contributed by atoms with Gasteiger partial charge in [-0.25, -0.2) is 0 Å². The third-order valence-corrected chi connectivity index (χ3v) is 6.08. The molecule has 0 unspecified atom stereocenters. The fourth-order valence-electron chi connectivity index (χ4n) is 3.36. The summed E-state index contributed by atoms with van der Waals surface area (Å²) in [5, 5.41) is 9.60. The predicted molar refractivity (Wildman–Crippen MR) is 116 cm³/mol. The largest absolute Gasteiger partial charge is 0.484 e. The summed E-state index contributed by atoms with van der Waals surface area (Å²) < 4.78 is 9.76. The Bertz CT molecular complexity index is 1030. The van der Waals surface area contributed by atoms with Gasteiger partial charge in [0.25, 0.3) is 0 Å². The Kier molecular flexibility index (Phi) is 6.70. The number of aryl methyl sites for hydroxylation is 1. The maximum atomic E-state index is 12.8. The summed E-state index contributed by atoms with van der Waals surface area (Å²) in [7, 11) is 1.86. The number of carbonyl (C=O) groups excluding carboxylic acids is 1. The number of hydrogen-bond acceptors (Lipinski definition) is 5. The summed E-state index contributed by atoms with van der Waals surface area (Å²) in [5.41, 5.74) is 2.88. The molecule has 154 valence electrons. The minimum Gasteiger partial charge on any atom is -0.484 e. The first-order valence-electron chi connectivity index (χ1n) is 9.39. The molecule has 0 spiro atoms. The van der Waals surface area contributed by atoms with E-state index in [2.05, 4.69) is 28.6 Å². The summed E-state index contributed by atoms with van der Waals surface area (Å²) in [4.78, 5) is 12.8. The van der Waals surface area contributed by atoms with E-state index in [1.165, 1.54) is 11.8 Å². The van der Waals surface area contributed by atoms with Crippen molar-refractivity contribution in [2.75, 3.05) is 5.75 Å². The van der Waals surface area contributed by atoms with Crippen molar-refractivity contribution in [2.45, 2.75) is 45.5 Å². The van der Waals surface area contributed by atoms with Crippen molar-refractivity contribution in [3.8, 4) is 5.75 Å². The SMILES string of the molecule is Cc1cc(C(=O)CSc2nnc(COc3ccccc3Cl)n2C)c(C)n1C(C)C. The van der Waals surface area contributed by atoms with Crippen LogP contribution in [0.25, 0.3) is 0 Å². The third-order valence-electron chi connectivity index (χ3n) is 4.75. The lowest BCUT2D eigenvalue weighted by molar-refractivity contribution is 0.102. The number of halogens is 1. The number of nitrogens with zero attached hydrogens (tertiary/aromatic N) is 4. The molecule has 6 nitrogen and oxygen atoms in total. The Labute approximate surface area is 180 Å². The number of aromatic nitrogens is 4. The highest BCUT2D eigenvalue weighted by Gasteiger charge is 2.19. The molecule has 0 aliphatic heterocycles. The van der Waals surface area contributed by atoms with E-state index >= 15 is 0 Å². The summed E-state index contributed by atoms with van der Waals surface area (Å²) in [6.07, 6.45) is 0. The molecule has 0 aliphatic carbocycles. The lowest BCUT2D eigenvalue weighted by atomic mass is 10.2. The number of benzene rings is 1. The van der Waals surface area contributed by atoms with E-state index in [9.17, 15) is 4.79 Å². The number of rotatable bonds is 8. The van der Waals surface area contributed by atoms with Crippen molar-refractivity contribution in [1.29, 1.82) is 0 Å². The molecule has 0 saturated heterocycles. The predicted octanol–water partition coefficient (Wildman–Crippen LogP) is 5.02. The van der Waals surface area contributed by atoms with Crippen molar-refractivity contribution in [1.82, 2.24) is 19.3 Å². The zero-order chi connectivity index (χ0) is 21.1. The molecule has 8 heteroatoms.